The molecule has 0 saturated carbocycles. The van der Waals surface area contributed by atoms with Crippen molar-refractivity contribution in [3.05, 3.63) is 69.8 Å². The van der Waals surface area contributed by atoms with Crippen molar-refractivity contribution in [3.8, 4) is 16.9 Å². The van der Waals surface area contributed by atoms with Crippen LogP contribution in [0.3, 0.4) is 0 Å². The molecule has 0 N–H and O–H groups in total. The van der Waals surface area contributed by atoms with Crippen LogP contribution in [0.4, 0.5) is 0 Å². The molecular formula is C20H17BrClN3O3. The fraction of sp³-hybridized carbons (Fsp3) is 0.150. The summed E-state index contributed by atoms with van der Waals surface area (Å²) >= 11 is 9.42. The summed E-state index contributed by atoms with van der Waals surface area (Å²) in [5.74, 6) is -1.07. The number of hydroxylamine groups is 2. The van der Waals surface area contributed by atoms with Crippen LogP contribution in [-0.4, -0.2) is 33.3 Å². The highest BCUT2D eigenvalue weighted by molar-refractivity contribution is 9.10. The topological polar surface area (TPSA) is 64.4 Å². The molecule has 0 aliphatic carbocycles. The molecule has 144 valence electrons. The molecule has 0 radical (unpaired) electrons. The van der Waals surface area contributed by atoms with Crippen molar-refractivity contribution in [3.63, 3.8) is 0 Å². The second kappa shape index (κ2) is 8.58. The molecule has 2 aromatic carbocycles. The number of hydrogen-bond donors (Lipinski definition) is 0. The van der Waals surface area contributed by atoms with E-state index in [4.69, 9.17) is 16.4 Å². The number of aromatic nitrogens is 2. The normalized spacial score (nSPS) is 10.6. The van der Waals surface area contributed by atoms with Crippen LogP contribution in [0, 0.1) is 0 Å². The van der Waals surface area contributed by atoms with Gasteiger partial charge in [0.2, 0.25) is 0 Å². The molecule has 8 heteroatoms. The Labute approximate surface area is 175 Å². The van der Waals surface area contributed by atoms with E-state index in [0.717, 1.165) is 26.5 Å². The third-order valence-electron chi connectivity index (χ3n) is 3.89. The zero-order valence-electron chi connectivity index (χ0n) is 15.2. The van der Waals surface area contributed by atoms with E-state index in [9.17, 15) is 9.59 Å². The fourth-order valence-electron chi connectivity index (χ4n) is 2.62. The first-order valence-electron chi connectivity index (χ1n) is 8.51. The van der Waals surface area contributed by atoms with Gasteiger partial charge in [-0.15, -0.1) is 0 Å². The predicted octanol–water partition coefficient (Wildman–Crippen LogP) is 4.90. The summed E-state index contributed by atoms with van der Waals surface area (Å²) in [7, 11) is 0. The van der Waals surface area contributed by atoms with Crippen LogP contribution in [0.1, 0.15) is 24.3 Å². The lowest BCUT2D eigenvalue weighted by Crippen LogP contribution is -2.33. The van der Waals surface area contributed by atoms with E-state index in [1.54, 1.807) is 29.8 Å². The largest absolute Gasteiger partial charge is 0.338 e. The van der Waals surface area contributed by atoms with Gasteiger partial charge in [-0.2, -0.15) is 10.2 Å². The number of nitrogens with zero attached hydrogens (tertiary/aromatic N) is 3. The third-order valence-corrected chi connectivity index (χ3v) is 4.67. The highest BCUT2D eigenvalue weighted by Crippen LogP contribution is 2.27. The Morgan fingerprint density at radius 1 is 1.14 bits per heavy atom. The Balaban J connectivity index is 2.09. The summed E-state index contributed by atoms with van der Waals surface area (Å²) in [6.07, 6.45) is 0. The SMILES string of the molecule is CCN(OC(C)=O)C(=O)c1cc(-c2ccc(Br)cc2)n(-c2ccc(Cl)cc2)n1. The zero-order valence-corrected chi connectivity index (χ0v) is 17.6. The van der Waals surface area contributed by atoms with Crippen LogP contribution in [0.5, 0.6) is 0 Å². The maximum Gasteiger partial charge on any atom is 0.329 e. The van der Waals surface area contributed by atoms with Crippen molar-refractivity contribution < 1.29 is 14.4 Å². The maximum absolute atomic E-state index is 12.8. The molecule has 3 rings (SSSR count). The molecule has 1 amide bonds. The molecule has 0 spiro atoms. The Morgan fingerprint density at radius 2 is 1.79 bits per heavy atom. The molecule has 28 heavy (non-hydrogen) atoms. The van der Waals surface area contributed by atoms with E-state index < -0.39 is 11.9 Å². The van der Waals surface area contributed by atoms with Gasteiger partial charge in [-0.25, -0.2) is 4.68 Å². The number of carbonyl (C=O) groups excluding carboxylic acids is 2. The minimum Gasteiger partial charge on any atom is -0.338 e. The van der Waals surface area contributed by atoms with Gasteiger partial charge in [0.05, 0.1) is 17.9 Å². The summed E-state index contributed by atoms with van der Waals surface area (Å²) in [5, 5.41) is 6.05. The van der Waals surface area contributed by atoms with Gasteiger partial charge < -0.3 is 4.84 Å². The van der Waals surface area contributed by atoms with Crippen LogP contribution >= 0.6 is 27.5 Å². The molecule has 3 aromatic rings. The third kappa shape index (κ3) is 4.43. The lowest BCUT2D eigenvalue weighted by molar-refractivity contribution is -0.174. The molecule has 6 nitrogen and oxygen atoms in total. The number of hydrogen-bond acceptors (Lipinski definition) is 4. The molecule has 0 aliphatic heterocycles. The van der Waals surface area contributed by atoms with Crippen molar-refractivity contribution in [2.24, 2.45) is 0 Å². The van der Waals surface area contributed by atoms with E-state index in [2.05, 4.69) is 21.0 Å². The number of rotatable bonds is 4. The average molecular weight is 463 g/mol. The van der Waals surface area contributed by atoms with Crippen LogP contribution in [0.15, 0.2) is 59.1 Å². The quantitative estimate of drug-likeness (QED) is 0.518. The molecule has 0 fully saturated rings. The van der Waals surface area contributed by atoms with Gasteiger partial charge in [-0.3, -0.25) is 9.59 Å². The van der Waals surface area contributed by atoms with Gasteiger partial charge in [0.1, 0.15) is 0 Å². The first kappa shape index (κ1) is 20.1. The highest BCUT2D eigenvalue weighted by atomic mass is 79.9. The second-order valence-corrected chi connectivity index (χ2v) is 7.24. The van der Waals surface area contributed by atoms with Crippen molar-refractivity contribution in [1.82, 2.24) is 14.8 Å². The minimum absolute atomic E-state index is 0.163. The summed E-state index contributed by atoms with van der Waals surface area (Å²) in [6.45, 7) is 3.17. The molecular weight excluding hydrogens is 446 g/mol. The molecule has 0 atom stereocenters. The van der Waals surface area contributed by atoms with Crippen LogP contribution in [0.25, 0.3) is 16.9 Å². The Kier molecular flexibility index (Phi) is 6.16. The standard InChI is InChI=1S/C20H17BrClN3O3/c1-3-24(28-13(2)26)20(27)18-12-19(14-4-6-15(21)7-5-14)25(23-18)17-10-8-16(22)9-11-17/h4-12H,3H2,1-2H3. The van der Waals surface area contributed by atoms with Gasteiger partial charge in [0.25, 0.3) is 0 Å². The summed E-state index contributed by atoms with van der Waals surface area (Å²) in [5.41, 5.74) is 2.50. The van der Waals surface area contributed by atoms with Gasteiger partial charge in [-0.05, 0) is 49.4 Å². The molecule has 0 aliphatic rings. The molecule has 1 heterocycles. The van der Waals surface area contributed by atoms with E-state index >= 15 is 0 Å². The van der Waals surface area contributed by atoms with Gasteiger partial charge in [0.15, 0.2) is 5.69 Å². The summed E-state index contributed by atoms with van der Waals surface area (Å²) in [4.78, 5) is 29.0. The van der Waals surface area contributed by atoms with E-state index in [-0.39, 0.29) is 12.2 Å². The predicted molar refractivity (Wildman–Crippen MR) is 110 cm³/mol. The van der Waals surface area contributed by atoms with Crippen LogP contribution < -0.4 is 0 Å². The minimum atomic E-state index is -0.569. The van der Waals surface area contributed by atoms with Crippen molar-refractivity contribution in [2.75, 3.05) is 6.54 Å². The molecule has 0 bridgehead atoms. The number of amides is 1. The zero-order chi connectivity index (χ0) is 20.3. The molecule has 0 unspecified atom stereocenters. The van der Waals surface area contributed by atoms with E-state index in [1.165, 1.54) is 6.92 Å². The van der Waals surface area contributed by atoms with Gasteiger partial charge >= 0.3 is 11.9 Å². The average Bonchev–Trinajstić information content (AvgIpc) is 3.12. The Hall–Kier alpha value is -2.64. The van der Waals surface area contributed by atoms with Crippen molar-refractivity contribution in [1.29, 1.82) is 0 Å². The number of benzene rings is 2. The number of halogens is 2. The first-order valence-corrected chi connectivity index (χ1v) is 9.68. The summed E-state index contributed by atoms with van der Waals surface area (Å²) < 4.78 is 2.60. The van der Waals surface area contributed by atoms with E-state index in [0.29, 0.717) is 5.02 Å². The highest BCUT2D eigenvalue weighted by Gasteiger charge is 2.23. The molecule has 0 saturated heterocycles. The van der Waals surface area contributed by atoms with E-state index in [1.807, 2.05) is 36.4 Å². The van der Waals surface area contributed by atoms with Gasteiger partial charge in [-0.1, -0.05) is 39.7 Å². The van der Waals surface area contributed by atoms with Gasteiger partial charge in [0, 0.05) is 22.0 Å². The second-order valence-electron chi connectivity index (χ2n) is 5.89. The van der Waals surface area contributed by atoms with Crippen molar-refractivity contribution >= 4 is 39.4 Å². The summed E-state index contributed by atoms with van der Waals surface area (Å²) in [6, 6.07) is 16.5. The lowest BCUT2D eigenvalue weighted by atomic mass is 10.1. The Morgan fingerprint density at radius 3 is 2.36 bits per heavy atom. The molecule has 1 aromatic heterocycles. The maximum atomic E-state index is 12.8. The van der Waals surface area contributed by atoms with Crippen LogP contribution in [0.2, 0.25) is 5.02 Å². The smallest absolute Gasteiger partial charge is 0.329 e. The Bertz CT molecular complexity index is 938. The fourth-order valence-corrected chi connectivity index (χ4v) is 3.01. The van der Waals surface area contributed by atoms with Crippen LogP contribution in [-0.2, 0) is 9.63 Å². The monoisotopic (exact) mass is 461 g/mol. The first-order chi connectivity index (χ1) is 13.4. The number of carbonyl (C=O) groups is 2. The lowest BCUT2D eigenvalue weighted by Gasteiger charge is -2.16. The van der Waals surface area contributed by atoms with Crippen molar-refractivity contribution in [2.45, 2.75) is 13.8 Å².